The Morgan fingerprint density at radius 3 is 2.37 bits per heavy atom. The highest BCUT2D eigenvalue weighted by Gasteiger charge is 2.32. The van der Waals surface area contributed by atoms with Gasteiger partial charge in [-0.05, 0) is 67.6 Å². The van der Waals surface area contributed by atoms with Gasteiger partial charge in [0.1, 0.15) is 11.5 Å². The van der Waals surface area contributed by atoms with Crippen LogP contribution in [0.4, 0.5) is 5.13 Å². The van der Waals surface area contributed by atoms with E-state index < -0.39 is 0 Å². The molecule has 2 N–H and O–H groups in total. The molecule has 3 rings (SSSR count). The zero-order valence-corrected chi connectivity index (χ0v) is 18.2. The Bertz CT molecular complexity index is 803. The Morgan fingerprint density at radius 2 is 1.78 bits per heavy atom. The largest absolute Gasteiger partial charge is 0.496 e. The monoisotopic (exact) mass is 388 g/mol. The molecule has 1 unspecified atom stereocenters. The fourth-order valence-electron chi connectivity index (χ4n) is 4.22. The summed E-state index contributed by atoms with van der Waals surface area (Å²) in [5.41, 5.74) is 9.59. The molecule has 4 nitrogen and oxygen atoms in total. The molecule has 2 aromatic rings. The number of aryl methyl sites for hydroxylation is 1. The molecule has 0 aliphatic heterocycles. The summed E-state index contributed by atoms with van der Waals surface area (Å²) in [5, 5.41) is 0.615. The molecule has 1 aromatic carbocycles. The highest BCUT2D eigenvalue weighted by atomic mass is 32.1. The molecule has 0 radical (unpaired) electrons. The molecular weight excluding hydrogens is 356 g/mol. The van der Waals surface area contributed by atoms with Gasteiger partial charge < -0.3 is 15.2 Å². The first kappa shape index (κ1) is 20.0. The number of anilines is 1. The molecule has 5 heteroatoms. The summed E-state index contributed by atoms with van der Waals surface area (Å²) < 4.78 is 11.2. The van der Waals surface area contributed by atoms with Crippen molar-refractivity contribution in [1.29, 1.82) is 0 Å². The zero-order valence-electron chi connectivity index (χ0n) is 17.4. The number of rotatable bonds is 5. The molecule has 1 fully saturated rings. The molecule has 1 heterocycles. The summed E-state index contributed by atoms with van der Waals surface area (Å²) in [4.78, 5) is 5.97. The third-order valence-corrected chi connectivity index (χ3v) is 7.23. The maximum atomic E-state index is 6.15. The van der Waals surface area contributed by atoms with Crippen molar-refractivity contribution < 1.29 is 9.47 Å². The van der Waals surface area contributed by atoms with Crippen LogP contribution in [-0.4, -0.2) is 19.2 Å². The summed E-state index contributed by atoms with van der Waals surface area (Å²) in [6.07, 6.45) is 5.10. The van der Waals surface area contributed by atoms with Crippen LogP contribution in [0.3, 0.4) is 0 Å². The van der Waals surface area contributed by atoms with Crippen molar-refractivity contribution in [2.24, 2.45) is 11.3 Å². The smallest absolute Gasteiger partial charge is 0.180 e. The maximum Gasteiger partial charge on any atom is 0.180 e. The van der Waals surface area contributed by atoms with Crippen LogP contribution >= 0.6 is 11.3 Å². The Hall–Kier alpha value is -1.75. The molecule has 148 valence electrons. The Labute approximate surface area is 167 Å². The number of nitrogens with two attached hydrogens (primary N) is 1. The van der Waals surface area contributed by atoms with E-state index in [0.717, 1.165) is 28.3 Å². The van der Waals surface area contributed by atoms with Crippen molar-refractivity contribution in [2.75, 3.05) is 20.0 Å². The van der Waals surface area contributed by atoms with Crippen LogP contribution < -0.4 is 15.2 Å². The molecule has 0 saturated heterocycles. The average molecular weight is 389 g/mol. The summed E-state index contributed by atoms with van der Waals surface area (Å²) in [6.45, 7) is 9.12. The van der Waals surface area contributed by atoms with Gasteiger partial charge in [-0.2, -0.15) is 0 Å². The molecule has 1 aliphatic rings. The molecule has 1 aliphatic carbocycles. The first-order chi connectivity index (χ1) is 12.8. The van der Waals surface area contributed by atoms with E-state index >= 15 is 0 Å². The minimum Gasteiger partial charge on any atom is -0.496 e. The lowest BCUT2D eigenvalue weighted by atomic mass is 9.69. The summed E-state index contributed by atoms with van der Waals surface area (Å²) in [5.74, 6) is 2.77. The Morgan fingerprint density at radius 1 is 1.15 bits per heavy atom. The van der Waals surface area contributed by atoms with Crippen LogP contribution in [0.15, 0.2) is 12.1 Å². The van der Waals surface area contributed by atoms with Crippen LogP contribution in [0, 0.1) is 18.3 Å². The van der Waals surface area contributed by atoms with Crippen molar-refractivity contribution in [1.82, 2.24) is 4.98 Å². The van der Waals surface area contributed by atoms with Gasteiger partial charge in [0, 0.05) is 10.4 Å². The first-order valence-corrected chi connectivity index (χ1v) is 10.6. The van der Waals surface area contributed by atoms with E-state index in [2.05, 4.69) is 20.8 Å². The molecular formula is C22H32N2O2S. The summed E-state index contributed by atoms with van der Waals surface area (Å²) in [6, 6.07) is 4.05. The SMILES string of the molecule is COc1cc(-c2nc(N)sc2C(C)C2CCC(C)(C)CC2)c(OC)cc1C. The minimum atomic E-state index is 0.433. The van der Waals surface area contributed by atoms with E-state index in [1.54, 1.807) is 25.6 Å². The first-order valence-electron chi connectivity index (χ1n) is 9.75. The van der Waals surface area contributed by atoms with Gasteiger partial charge in [0.15, 0.2) is 5.13 Å². The van der Waals surface area contributed by atoms with Crippen LogP contribution in [0.2, 0.25) is 0 Å². The molecule has 1 atom stereocenters. The number of benzene rings is 1. The topological polar surface area (TPSA) is 57.4 Å². The van der Waals surface area contributed by atoms with Crippen molar-refractivity contribution in [3.8, 4) is 22.8 Å². The minimum absolute atomic E-state index is 0.433. The number of nitrogens with zero attached hydrogens (tertiary/aromatic N) is 1. The van der Waals surface area contributed by atoms with Gasteiger partial charge in [-0.3, -0.25) is 0 Å². The lowest BCUT2D eigenvalue weighted by Crippen LogP contribution is -2.24. The number of hydrogen-bond acceptors (Lipinski definition) is 5. The van der Waals surface area contributed by atoms with E-state index in [-0.39, 0.29) is 0 Å². The van der Waals surface area contributed by atoms with Crippen LogP contribution in [0.25, 0.3) is 11.3 Å². The van der Waals surface area contributed by atoms with Crippen molar-refractivity contribution in [2.45, 2.75) is 59.3 Å². The van der Waals surface area contributed by atoms with Crippen LogP contribution in [-0.2, 0) is 0 Å². The van der Waals surface area contributed by atoms with E-state index in [0.29, 0.717) is 22.4 Å². The van der Waals surface area contributed by atoms with Crippen molar-refractivity contribution in [3.63, 3.8) is 0 Å². The van der Waals surface area contributed by atoms with Gasteiger partial charge in [0.25, 0.3) is 0 Å². The van der Waals surface area contributed by atoms with Gasteiger partial charge >= 0.3 is 0 Å². The van der Waals surface area contributed by atoms with Crippen molar-refractivity contribution in [3.05, 3.63) is 22.6 Å². The third kappa shape index (κ3) is 4.08. The average Bonchev–Trinajstić information content (AvgIpc) is 3.02. The second kappa shape index (κ2) is 7.70. The normalized spacial score (nSPS) is 18.3. The van der Waals surface area contributed by atoms with Gasteiger partial charge in [-0.1, -0.05) is 20.8 Å². The highest BCUT2D eigenvalue weighted by molar-refractivity contribution is 7.15. The van der Waals surface area contributed by atoms with Gasteiger partial charge in [-0.25, -0.2) is 4.98 Å². The van der Waals surface area contributed by atoms with E-state index in [4.69, 9.17) is 20.2 Å². The predicted molar refractivity (Wildman–Crippen MR) is 114 cm³/mol. The Balaban J connectivity index is 2.00. The van der Waals surface area contributed by atoms with E-state index in [1.807, 2.05) is 19.1 Å². The van der Waals surface area contributed by atoms with E-state index in [1.165, 1.54) is 30.6 Å². The fraction of sp³-hybridized carbons (Fsp3) is 0.591. The zero-order chi connectivity index (χ0) is 19.8. The predicted octanol–water partition coefficient (Wildman–Crippen LogP) is 6.04. The number of thiazole rings is 1. The van der Waals surface area contributed by atoms with Crippen molar-refractivity contribution >= 4 is 16.5 Å². The molecule has 0 amide bonds. The maximum absolute atomic E-state index is 6.15. The summed E-state index contributed by atoms with van der Waals surface area (Å²) >= 11 is 1.62. The second-order valence-corrected chi connectivity index (χ2v) is 9.64. The quantitative estimate of drug-likeness (QED) is 0.678. The van der Waals surface area contributed by atoms with Gasteiger partial charge in [-0.15, -0.1) is 11.3 Å². The lowest BCUT2D eigenvalue weighted by Gasteiger charge is -2.37. The molecule has 1 saturated carbocycles. The molecule has 27 heavy (non-hydrogen) atoms. The van der Waals surface area contributed by atoms with Gasteiger partial charge in [0.2, 0.25) is 0 Å². The number of nitrogen functional groups attached to an aromatic ring is 1. The number of aromatic nitrogens is 1. The number of methoxy groups -OCH3 is 2. The van der Waals surface area contributed by atoms with E-state index in [9.17, 15) is 0 Å². The number of ether oxygens (including phenoxy) is 2. The molecule has 1 aromatic heterocycles. The molecule has 0 bridgehead atoms. The van der Waals surface area contributed by atoms with Crippen LogP contribution in [0.1, 0.15) is 62.8 Å². The second-order valence-electron chi connectivity index (χ2n) is 8.58. The summed E-state index contributed by atoms with van der Waals surface area (Å²) in [7, 11) is 3.40. The third-order valence-electron chi connectivity index (χ3n) is 6.15. The molecule has 0 spiro atoms. The lowest BCUT2D eigenvalue weighted by molar-refractivity contribution is 0.177. The van der Waals surface area contributed by atoms with Crippen LogP contribution in [0.5, 0.6) is 11.5 Å². The Kier molecular flexibility index (Phi) is 5.71. The highest BCUT2D eigenvalue weighted by Crippen LogP contribution is 2.48. The number of hydrogen-bond donors (Lipinski definition) is 1. The van der Waals surface area contributed by atoms with Gasteiger partial charge in [0.05, 0.1) is 19.9 Å². The standard InChI is InChI=1S/C22H32N2O2S/c1-13-11-18(26-6)16(12-17(13)25-5)19-20(27-21(23)24-19)14(2)15-7-9-22(3,4)10-8-15/h11-12,14-15H,7-10H2,1-6H3,(H2,23,24). The fourth-order valence-corrected chi connectivity index (χ4v) is 5.21.